The van der Waals surface area contributed by atoms with Gasteiger partial charge in [0.2, 0.25) is 5.82 Å². The van der Waals surface area contributed by atoms with Crippen molar-refractivity contribution in [1.29, 1.82) is 0 Å². The van der Waals surface area contributed by atoms with Crippen molar-refractivity contribution in [3.05, 3.63) is 33.9 Å². The van der Waals surface area contributed by atoms with E-state index in [9.17, 15) is 9.18 Å². The molecule has 0 radical (unpaired) electrons. The van der Waals surface area contributed by atoms with Gasteiger partial charge >= 0.3 is 0 Å². The highest BCUT2D eigenvalue weighted by molar-refractivity contribution is 7.09. The Labute approximate surface area is 137 Å². The van der Waals surface area contributed by atoms with Crippen molar-refractivity contribution in [2.75, 3.05) is 13.1 Å². The molecular formula is C15H17FN4O2S. The van der Waals surface area contributed by atoms with Crippen LogP contribution in [0.2, 0.25) is 0 Å². The summed E-state index contributed by atoms with van der Waals surface area (Å²) in [4.78, 5) is 26.0. The molecule has 1 fully saturated rings. The van der Waals surface area contributed by atoms with Gasteiger partial charge in [-0.15, -0.1) is 11.3 Å². The van der Waals surface area contributed by atoms with Crippen molar-refractivity contribution in [2.45, 2.75) is 32.8 Å². The zero-order valence-electron chi connectivity index (χ0n) is 13.0. The van der Waals surface area contributed by atoms with Crippen LogP contribution in [0, 0.1) is 12.7 Å². The monoisotopic (exact) mass is 336 g/mol. The second-order valence-corrected chi connectivity index (χ2v) is 6.39. The molecule has 0 aliphatic carbocycles. The molecule has 1 aliphatic rings. The summed E-state index contributed by atoms with van der Waals surface area (Å²) in [5.74, 6) is -0.673. The fraction of sp³-hybridized carbons (Fsp3) is 0.467. The summed E-state index contributed by atoms with van der Waals surface area (Å²) < 4.78 is 19.7. The molecule has 0 aromatic carbocycles. The van der Waals surface area contributed by atoms with Gasteiger partial charge in [-0.1, -0.05) is 6.92 Å². The number of hydrogen-bond donors (Lipinski definition) is 0. The molecule has 0 saturated carbocycles. The third-order valence-electron chi connectivity index (χ3n) is 3.71. The van der Waals surface area contributed by atoms with Gasteiger partial charge in [0.1, 0.15) is 18.1 Å². The smallest absolute Gasteiger partial charge is 0.273 e. The lowest BCUT2D eigenvalue weighted by Gasteiger charge is -2.16. The van der Waals surface area contributed by atoms with Crippen LogP contribution >= 0.6 is 11.3 Å². The maximum atomic E-state index is 14.1. The van der Waals surface area contributed by atoms with E-state index in [4.69, 9.17) is 4.74 Å². The van der Waals surface area contributed by atoms with Crippen molar-refractivity contribution in [2.24, 2.45) is 0 Å². The highest BCUT2D eigenvalue weighted by Gasteiger charge is 2.30. The van der Waals surface area contributed by atoms with E-state index >= 15 is 0 Å². The zero-order valence-corrected chi connectivity index (χ0v) is 13.8. The molecule has 1 saturated heterocycles. The average molecular weight is 336 g/mol. The third kappa shape index (κ3) is 3.31. The molecule has 3 rings (SSSR count). The molecule has 2 aromatic rings. The topological polar surface area (TPSA) is 68.2 Å². The highest BCUT2D eigenvalue weighted by Crippen LogP contribution is 2.22. The second kappa shape index (κ2) is 6.57. The molecule has 8 heteroatoms. The first-order valence-electron chi connectivity index (χ1n) is 7.46. The summed E-state index contributed by atoms with van der Waals surface area (Å²) >= 11 is 1.44. The molecule has 1 atom stereocenters. The van der Waals surface area contributed by atoms with Crippen LogP contribution in [0.25, 0.3) is 0 Å². The van der Waals surface area contributed by atoms with E-state index < -0.39 is 5.82 Å². The van der Waals surface area contributed by atoms with E-state index in [1.165, 1.54) is 17.7 Å². The normalized spacial score (nSPS) is 17.5. The molecule has 23 heavy (non-hydrogen) atoms. The number of aryl methyl sites for hydroxylation is 2. The fourth-order valence-electron chi connectivity index (χ4n) is 2.51. The summed E-state index contributed by atoms with van der Waals surface area (Å²) in [5, 5.41) is 2.61. The van der Waals surface area contributed by atoms with Crippen molar-refractivity contribution in [1.82, 2.24) is 19.9 Å². The lowest BCUT2D eigenvalue weighted by molar-refractivity contribution is 0.0765. The second-order valence-electron chi connectivity index (χ2n) is 5.32. The van der Waals surface area contributed by atoms with Gasteiger partial charge in [0.05, 0.1) is 17.2 Å². The van der Waals surface area contributed by atoms with Crippen molar-refractivity contribution >= 4 is 17.2 Å². The summed E-state index contributed by atoms with van der Waals surface area (Å²) in [7, 11) is 0. The lowest BCUT2D eigenvalue weighted by atomic mass is 10.3. The minimum absolute atomic E-state index is 0.0411. The molecule has 0 spiro atoms. The molecule has 1 unspecified atom stereocenters. The van der Waals surface area contributed by atoms with Gasteiger partial charge in [-0.05, 0) is 13.3 Å². The van der Waals surface area contributed by atoms with Crippen molar-refractivity contribution in [3.8, 4) is 5.88 Å². The Morgan fingerprint density at radius 2 is 2.35 bits per heavy atom. The fourth-order valence-corrected chi connectivity index (χ4v) is 3.09. The van der Waals surface area contributed by atoms with Crippen LogP contribution in [0.15, 0.2) is 11.7 Å². The van der Waals surface area contributed by atoms with Crippen LogP contribution in [0.3, 0.4) is 0 Å². The number of ether oxygens (including phenoxy) is 1. The Morgan fingerprint density at radius 1 is 1.52 bits per heavy atom. The minimum Gasteiger partial charge on any atom is -0.470 e. The molecule has 0 N–H and O–H groups in total. The van der Waals surface area contributed by atoms with E-state index in [2.05, 4.69) is 15.0 Å². The Kier molecular flexibility index (Phi) is 4.51. The highest BCUT2D eigenvalue weighted by atomic mass is 32.1. The van der Waals surface area contributed by atoms with Crippen LogP contribution < -0.4 is 4.74 Å². The Hall–Kier alpha value is -2.09. The number of carbonyl (C=O) groups is 1. The Morgan fingerprint density at radius 3 is 3.04 bits per heavy atom. The van der Waals surface area contributed by atoms with E-state index in [1.807, 2.05) is 13.8 Å². The van der Waals surface area contributed by atoms with E-state index in [0.29, 0.717) is 37.3 Å². The summed E-state index contributed by atoms with van der Waals surface area (Å²) in [6.45, 7) is 4.65. The Balaban J connectivity index is 1.65. The number of thiazole rings is 1. The number of hydrogen-bond acceptors (Lipinski definition) is 6. The number of nitrogens with zero attached hydrogens (tertiary/aromatic N) is 4. The number of carbonyl (C=O) groups excluding carboxylic acids is 1. The van der Waals surface area contributed by atoms with Crippen LogP contribution in [0.1, 0.15) is 34.5 Å². The first kappa shape index (κ1) is 15.8. The van der Waals surface area contributed by atoms with Crippen LogP contribution in [-0.4, -0.2) is 45.0 Å². The lowest BCUT2D eigenvalue weighted by Crippen LogP contribution is -2.31. The SMILES string of the molecule is CCc1ncnc(OC2CCN(C(=O)c3csc(C)n3)C2)c1F. The molecular weight excluding hydrogens is 319 g/mol. The number of rotatable bonds is 4. The third-order valence-corrected chi connectivity index (χ3v) is 4.49. The van der Waals surface area contributed by atoms with Crippen molar-refractivity contribution in [3.63, 3.8) is 0 Å². The quantitative estimate of drug-likeness (QED) is 0.856. The maximum Gasteiger partial charge on any atom is 0.273 e. The minimum atomic E-state index is -0.519. The molecule has 3 heterocycles. The molecule has 2 aromatic heterocycles. The van der Waals surface area contributed by atoms with E-state index in [-0.39, 0.29) is 17.9 Å². The van der Waals surface area contributed by atoms with Gasteiger partial charge in [0.25, 0.3) is 11.8 Å². The molecule has 0 bridgehead atoms. The summed E-state index contributed by atoms with van der Waals surface area (Å²) in [6.07, 6.45) is 2.14. The molecule has 1 amide bonds. The average Bonchev–Trinajstić information content (AvgIpc) is 3.18. The molecule has 6 nitrogen and oxygen atoms in total. The van der Waals surface area contributed by atoms with Gasteiger partial charge in [0, 0.05) is 18.3 Å². The van der Waals surface area contributed by atoms with Crippen LogP contribution in [-0.2, 0) is 6.42 Å². The van der Waals surface area contributed by atoms with Crippen LogP contribution in [0.5, 0.6) is 5.88 Å². The van der Waals surface area contributed by atoms with E-state index in [0.717, 1.165) is 5.01 Å². The first-order chi connectivity index (χ1) is 11.1. The summed E-state index contributed by atoms with van der Waals surface area (Å²) in [5.41, 5.74) is 0.786. The van der Waals surface area contributed by atoms with E-state index in [1.54, 1.807) is 10.3 Å². The number of halogens is 1. The van der Waals surface area contributed by atoms with Gasteiger partial charge in [0.15, 0.2) is 0 Å². The predicted octanol–water partition coefficient (Wildman–Crippen LogP) is 2.24. The zero-order chi connectivity index (χ0) is 16.4. The van der Waals surface area contributed by atoms with Gasteiger partial charge in [-0.3, -0.25) is 4.79 Å². The molecule has 1 aliphatic heterocycles. The predicted molar refractivity (Wildman–Crippen MR) is 83.2 cm³/mol. The summed E-state index contributed by atoms with van der Waals surface area (Å²) in [6, 6.07) is 0. The Bertz CT molecular complexity index is 721. The largest absolute Gasteiger partial charge is 0.470 e. The maximum absolute atomic E-state index is 14.1. The van der Waals surface area contributed by atoms with Gasteiger partial charge in [-0.25, -0.2) is 9.97 Å². The molecule has 122 valence electrons. The van der Waals surface area contributed by atoms with Crippen LogP contribution in [0.4, 0.5) is 4.39 Å². The standard InChI is InChI=1S/C15H17FN4O2S/c1-3-11-13(16)14(18-8-17-11)22-10-4-5-20(6-10)15(21)12-7-23-9(2)19-12/h7-8,10H,3-6H2,1-2H3. The first-order valence-corrected chi connectivity index (χ1v) is 8.34. The number of aromatic nitrogens is 3. The number of likely N-dealkylation sites (tertiary alicyclic amines) is 1. The van der Waals surface area contributed by atoms with Crippen molar-refractivity contribution < 1.29 is 13.9 Å². The number of amides is 1. The van der Waals surface area contributed by atoms with Gasteiger partial charge in [-0.2, -0.15) is 9.37 Å². The van der Waals surface area contributed by atoms with Gasteiger partial charge < -0.3 is 9.64 Å².